The summed E-state index contributed by atoms with van der Waals surface area (Å²) in [5.74, 6) is -0.158. The van der Waals surface area contributed by atoms with Gasteiger partial charge in [-0.3, -0.25) is 9.59 Å². The predicted molar refractivity (Wildman–Crippen MR) is 76.8 cm³/mol. The summed E-state index contributed by atoms with van der Waals surface area (Å²) in [6, 6.07) is 5.68. The second-order valence-corrected chi connectivity index (χ2v) is 6.36. The highest BCUT2D eigenvalue weighted by Crippen LogP contribution is 2.41. The molecule has 3 rings (SSSR count). The van der Waals surface area contributed by atoms with E-state index < -0.39 is 0 Å². The van der Waals surface area contributed by atoms with Gasteiger partial charge in [0.2, 0.25) is 11.8 Å². The Morgan fingerprint density at radius 3 is 2.21 bits per heavy atom. The smallest absolute Gasteiger partial charge is 0.237 e. The first kappa shape index (κ1) is 12.9. The number of anilines is 1. The van der Waals surface area contributed by atoms with Crippen LogP contribution in [0.15, 0.2) is 22.7 Å². The molecule has 2 atom stereocenters. The van der Waals surface area contributed by atoms with E-state index >= 15 is 0 Å². The van der Waals surface area contributed by atoms with E-state index in [2.05, 4.69) is 15.9 Å². The summed E-state index contributed by atoms with van der Waals surface area (Å²) in [5.41, 5.74) is 1.70. The van der Waals surface area contributed by atoms with Crippen LogP contribution in [0.2, 0.25) is 0 Å². The molecule has 2 fully saturated rings. The number of carbonyl (C=O) groups excluding carboxylic acids is 2. The average Bonchev–Trinajstić information content (AvgIpc) is 2.64. The van der Waals surface area contributed by atoms with Gasteiger partial charge in [0, 0.05) is 4.47 Å². The average molecular weight is 322 g/mol. The number of aryl methyl sites for hydroxylation is 1. The molecular weight excluding hydrogens is 306 g/mol. The van der Waals surface area contributed by atoms with Crippen molar-refractivity contribution in [3.63, 3.8) is 0 Å². The van der Waals surface area contributed by atoms with E-state index in [0.717, 1.165) is 41.4 Å². The van der Waals surface area contributed by atoms with Crippen molar-refractivity contribution in [2.75, 3.05) is 4.90 Å². The minimum atomic E-state index is -0.0794. The molecule has 1 aliphatic carbocycles. The van der Waals surface area contributed by atoms with Crippen LogP contribution in [0.3, 0.4) is 0 Å². The SMILES string of the molecule is Cc1cc(Br)ccc1N1C(=O)[C@@H]2CCCC[C@H]2C1=O. The van der Waals surface area contributed by atoms with Crippen LogP contribution in [-0.4, -0.2) is 11.8 Å². The maximum Gasteiger partial charge on any atom is 0.237 e. The van der Waals surface area contributed by atoms with Crippen molar-refractivity contribution in [1.29, 1.82) is 0 Å². The normalized spacial score (nSPS) is 26.7. The number of amides is 2. The Labute approximate surface area is 121 Å². The molecule has 0 radical (unpaired) electrons. The van der Waals surface area contributed by atoms with Crippen molar-refractivity contribution < 1.29 is 9.59 Å². The zero-order valence-electron chi connectivity index (χ0n) is 10.9. The number of imide groups is 1. The van der Waals surface area contributed by atoms with E-state index in [0.29, 0.717) is 0 Å². The van der Waals surface area contributed by atoms with Crippen LogP contribution in [-0.2, 0) is 9.59 Å². The van der Waals surface area contributed by atoms with Gasteiger partial charge >= 0.3 is 0 Å². The van der Waals surface area contributed by atoms with Crippen molar-refractivity contribution >= 4 is 33.4 Å². The Balaban J connectivity index is 2.00. The van der Waals surface area contributed by atoms with Gasteiger partial charge in [-0.2, -0.15) is 0 Å². The first-order valence-electron chi connectivity index (χ1n) is 6.73. The molecule has 1 aromatic carbocycles. The Morgan fingerprint density at radius 1 is 1.11 bits per heavy atom. The van der Waals surface area contributed by atoms with E-state index in [1.165, 1.54) is 4.90 Å². The number of halogens is 1. The van der Waals surface area contributed by atoms with E-state index in [1.807, 2.05) is 25.1 Å². The first-order valence-corrected chi connectivity index (χ1v) is 7.53. The van der Waals surface area contributed by atoms with E-state index in [9.17, 15) is 9.59 Å². The predicted octanol–water partition coefficient (Wildman–Crippen LogP) is 3.44. The van der Waals surface area contributed by atoms with Gasteiger partial charge in [-0.15, -0.1) is 0 Å². The van der Waals surface area contributed by atoms with Gasteiger partial charge in [0.25, 0.3) is 0 Å². The Hall–Kier alpha value is -1.16. The fourth-order valence-electron chi connectivity index (χ4n) is 3.27. The van der Waals surface area contributed by atoms with Crippen molar-refractivity contribution in [2.45, 2.75) is 32.6 Å². The van der Waals surface area contributed by atoms with Crippen molar-refractivity contribution in [3.8, 4) is 0 Å². The molecule has 0 unspecified atom stereocenters. The van der Waals surface area contributed by atoms with Crippen LogP contribution in [0, 0.1) is 18.8 Å². The maximum absolute atomic E-state index is 12.5. The summed E-state index contributed by atoms with van der Waals surface area (Å²) in [6.45, 7) is 1.93. The number of hydrogen-bond donors (Lipinski definition) is 0. The van der Waals surface area contributed by atoms with Crippen LogP contribution in [0.1, 0.15) is 31.2 Å². The standard InChI is InChI=1S/C15H16BrNO2/c1-9-8-10(16)6-7-13(9)17-14(18)11-4-2-3-5-12(11)15(17)19/h6-8,11-12H,2-5H2,1H3/t11-,12-/m1/s1. The highest BCUT2D eigenvalue weighted by Gasteiger charge is 2.48. The Bertz CT molecular complexity index is 531. The minimum absolute atomic E-state index is 0.000113. The fourth-order valence-corrected chi connectivity index (χ4v) is 3.75. The van der Waals surface area contributed by atoms with Crippen LogP contribution in [0.4, 0.5) is 5.69 Å². The van der Waals surface area contributed by atoms with Gasteiger partial charge in [-0.25, -0.2) is 4.90 Å². The molecule has 100 valence electrons. The third kappa shape index (κ3) is 2.02. The summed E-state index contributed by atoms with van der Waals surface area (Å²) in [5, 5.41) is 0. The van der Waals surface area contributed by atoms with E-state index in [1.54, 1.807) is 0 Å². The fraction of sp³-hybridized carbons (Fsp3) is 0.467. The lowest BCUT2D eigenvalue weighted by Gasteiger charge is -2.19. The second-order valence-electron chi connectivity index (χ2n) is 5.44. The van der Waals surface area contributed by atoms with Gasteiger partial charge in [0.05, 0.1) is 17.5 Å². The first-order chi connectivity index (χ1) is 9.09. The molecule has 1 aliphatic heterocycles. The van der Waals surface area contributed by atoms with Gasteiger partial charge < -0.3 is 0 Å². The monoisotopic (exact) mass is 321 g/mol. The minimum Gasteiger partial charge on any atom is -0.274 e. The molecule has 19 heavy (non-hydrogen) atoms. The Kier molecular flexibility index (Phi) is 3.21. The molecule has 0 bridgehead atoms. The summed E-state index contributed by atoms with van der Waals surface area (Å²) >= 11 is 3.41. The lowest BCUT2D eigenvalue weighted by molar-refractivity contribution is -0.122. The number of carbonyl (C=O) groups is 2. The van der Waals surface area contributed by atoms with Gasteiger partial charge in [-0.05, 0) is 43.5 Å². The van der Waals surface area contributed by atoms with Crippen molar-refractivity contribution in [2.24, 2.45) is 11.8 Å². The molecule has 1 heterocycles. The lowest BCUT2D eigenvalue weighted by atomic mass is 9.81. The molecule has 0 aromatic heterocycles. The molecule has 1 saturated carbocycles. The van der Waals surface area contributed by atoms with E-state index in [-0.39, 0.29) is 23.7 Å². The molecule has 1 aromatic rings. The quantitative estimate of drug-likeness (QED) is 0.743. The van der Waals surface area contributed by atoms with E-state index in [4.69, 9.17) is 0 Å². The van der Waals surface area contributed by atoms with Crippen LogP contribution in [0.25, 0.3) is 0 Å². The third-order valence-corrected chi connectivity index (χ3v) is 4.73. The molecule has 1 saturated heterocycles. The van der Waals surface area contributed by atoms with Crippen molar-refractivity contribution in [3.05, 3.63) is 28.2 Å². The van der Waals surface area contributed by atoms with Gasteiger partial charge in [-0.1, -0.05) is 28.8 Å². The summed E-state index contributed by atoms with van der Waals surface area (Å²) < 4.78 is 0.963. The second kappa shape index (κ2) is 4.75. The number of nitrogens with zero attached hydrogens (tertiary/aromatic N) is 1. The topological polar surface area (TPSA) is 37.4 Å². The van der Waals surface area contributed by atoms with Crippen LogP contribution < -0.4 is 4.90 Å². The highest BCUT2D eigenvalue weighted by atomic mass is 79.9. The molecule has 0 spiro atoms. The molecule has 2 aliphatic rings. The van der Waals surface area contributed by atoms with Crippen LogP contribution >= 0.6 is 15.9 Å². The third-order valence-electron chi connectivity index (χ3n) is 4.24. The highest BCUT2D eigenvalue weighted by molar-refractivity contribution is 9.10. The number of fused-ring (bicyclic) bond motifs is 1. The number of benzene rings is 1. The Morgan fingerprint density at radius 2 is 1.68 bits per heavy atom. The number of rotatable bonds is 1. The summed E-state index contributed by atoms with van der Waals surface area (Å²) in [7, 11) is 0. The number of hydrogen-bond acceptors (Lipinski definition) is 2. The lowest BCUT2D eigenvalue weighted by Crippen LogP contribution is -2.31. The maximum atomic E-state index is 12.5. The summed E-state index contributed by atoms with van der Waals surface area (Å²) in [6.07, 6.45) is 3.85. The van der Waals surface area contributed by atoms with Gasteiger partial charge in [0.15, 0.2) is 0 Å². The largest absolute Gasteiger partial charge is 0.274 e. The van der Waals surface area contributed by atoms with Gasteiger partial charge in [0.1, 0.15) is 0 Å². The van der Waals surface area contributed by atoms with Crippen LogP contribution in [0.5, 0.6) is 0 Å². The summed E-state index contributed by atoms with van der Waals surface area (Å²) in [4.78, 5) is 26.4. The zero-order valence-corrected chi connectivity index (χ0v) is 12.4. The molecule has 4 heteroatoms. The molecular formula is C15H16BrNO2. The molecule has 2 amide bonds. The molecule has 3 nitrogen and oxygen atoms in total. The van der Waals surface area contributed by atoms with Crippen molar-refractivity contribution in [1.82, 2.24) is 0 Å². The molecule has 0 N–H and O–H groups in total. The zero-order chi connectivity index (χ0) is 13.6.